The van der Waals surface area contributed by atoms with E-state index in [1.54, 1.807) is 18.7 Å². The Morgan fingerprint density at radius 3 is 2.50 bits per heavy atom. The van der Waals surface area contributed by atoms with E-state index < -0.39 is 12.0 Å². The lowest BCUT2D eigenvalue weighted by atomic mass is 10.2. The van der Waals surface area contributed by atoms with Gasteiger partial charge in [0, 0.05) is 13.1 Å². The van der Waals surface area contributed by atoms with E-state index in [2.05, 4.69) is 4.98 Å². The molecule has 1 atom stereocenters. The third kappa shape index (κ3) is 3.09. The smallest absolute Gasteiger partial charge is 0.360 e. The van der Waals surface area contributed by atoms with Gasteiger partial charge in [-0.25, -0.2) is 9.78 Å². The van der Waals surface area contributed by atoms with Gasteiger partial charge in [-0.15, -0.1) is 0 Å². The molecule has 2 N–H and O–H groups in total. The summed E-state index contributed by atoms with van der Waals surface area (Å²) in [5.41, 5.74) is 5.93. The third-order valence-electron chi connectivity index (χ3n) is 3.15. The van der Waals surface area contributed by atoms with Gasteiger partial charge < -0.3 is 19.9 Å². The Labute approximate surface area is 118 Å². The molecule has 1 aromatic rings. The zero-order valence-electron chi connectivity index (χ0n) is 12.4. The number of hydrogen-bond acceptors (Lipinski definition) is 5. The van der Waals surface area contributed by atoms with Gasteiger partial charge in [-0.3, -0.25) is 4.79 Å². The van der Waals surface area contributed by atoms with Crippen LogP contribution in [-0.2, 0) is 9.53 Å². The maximum atomic E-state index is 12.3. The molecular weight excluding hydrogens is 260 g/mol. The Bertz CT molecular complexity index is 480. The van der Waals surface area contributed by atoms with Gasteiger partial charge in [0.1, 0.15) is 11.9 Å². The van der Waals surface area contributed by atoms with Gasteiger partial charge in [-0.05, 0) is 27.7 Å². The van der Waals surface area contributed by atoms with E-state index in [4.69, 9.17) is 10.5 Å². The molecule has 1 unspecified atom stereocenters. The third-order valence-corrected chi connectivity index (χ3v) is 3.15. The number of nitrogen functional groups attached to an aromatic ring is 1. The molecule has 112 valence electrons. The fourth-order valence-corrected chi connectivity index (χ4v) is 1.95. The number of aromatic nitrogens is 2. The number of carbonyl (C=O) groups is 2. The average Bonchev–Trinajstić information content (AvgIpc) is 2.81. The summed E-state index contributed by atoms with van der Waals surface area (Å²) in [6.07, 6.45) is 1.40. The van der Waals surface area contributed by atoms with Gasteiger partial charge in [0.15, 0.2) is 5.69 Å². The van der Waals surface area contributed by atoms with Crippen molar-refractivity contribution >= 4 is 17.7 Å². The maximum Gasteiger partial charge on any atom is 0.360 e. The first-order chi connectivity index (χ1) is 9.47. The Hall–Kier alpha value is -2.05. The topological polar surface area (TPSA) is 90.4 Å². The number of nitrogens with zero attached hydrogens (tertiary/aromatic N) is 3. The lowest BCUT2D eigenvalue weighted by Crippen LogP contribution is -2.36. The first-order valence-corrected chi connectivity index (χ1v) is 6.75. The van der Waals surface area contributed by atoms with Crippen molar-refractivity contribution in [3.05, 3.63) is 12.0 Å². The molecule has 7 heteroatoms. The van der Waals surface area contributed by atoms with Gasteiger partial charge in [0.05, 0.1) is 12.9 Å². The Balaban J connectivity index is 2.98. The van der Waals surface area contributed by atoms with Gasteiger partial charge in [-0.1, -0.05) is 0 Å². The van der Waals surface area contributed by atoms with Crippen LogP contribution < -0.4 is 5.73 Å². The van der Waals surface area contributed by atoms with Crippen molar-refractivity contribution in [2.75, 3.05) is 25.4 Å². The summed E-state index contributed by atoms with van der Waals surface area (Å²) in [5.74, 6) is -0.489. The van der Waals surface area contributed by atoms with Crippen molar-refractivity contribution in [3.63, 3.8) is 0 Å². The van der Waals surface area contributed by atoms with Crippen molar-refractivity contribution in [2.24, 2.45) is 0 Å². The van der Waals surface area contributed by atoms with E-state index in [1.807, 2.05) is 13.8 Å². The van der Waals surface area contributed by atoms with Crippen molar-refractivity contribution in [1.29, 1.82) is 0 Å². The highest BCUT2D eigenvalue weighted by atomic mass is 16.5. The predicted octanol–water partition coefficient (Wildman–Crippen LogP) is 1.07. The largest absolute Gasteiger partial charge is 0.461 e. The summed E-state index contributed by atoms with van der Waals surface area (Å²) in [5, 5.41) is 0. The number of hydrogen-bond donors (Lipinski definition) is 1. The van der Waals surface area contributed by atoms with E-state index >= 15 is 0 Å². The zero-order chi connectivity index (χ0) is 15.3. The number of anilines is 1. The van der Waals surface area contributed by atoms with Crippen LogP contribution in [0.15, 0.2) is 6.33 Å². The Morgan fingerprint density at radius 2 is 2.00 bits per heavy atom. The number of carbonyl (C=O) groups excluding carboxylic acids is 2. The quantitative estimate of drug-likeness (QED) is 0.788. The molecule has 0 radical (unpaired) electrons. The van der Waals surface area contributed by atoms with E-state index in [0.717, 1.165) is 0 Å². The van der Waals surface area contributed by atoms with Gasteiger partial charge in [0.2, 0.25) is 5.91 Å². The van der Waals surface area contributed by atoms with E-state index in [0.29, 0.717) is 13.1 Å². The molecule has 0 bridgehead atoms. The molecular formula is C13H22N4O3. The highest BCUT2D eigenvalue weighted by Crippen LogP contribution is 2.19. The highest BCUT2D eigenvalue weighted by molar-refractivity contribution is 5.92. The molecule has 0 saturated carbocycles. The maximum absolute atomic E-state index is 12.3. The minimum absolute atomic E-state index is 0.0473. The number of imidazole rings is 1. The molecule has 1 heterocycles. The summed E-state index contributed by atoms with van der Waals surface area (Å²) < 4.78 is 6.35. The molecule has 1 amide bonds. The standard InChI is InChI=1S/C13H22N4O3/c1-5-16(6-2)12(18)9(4)17-8-15-10(11(17)14)13(19)20-7-3/h8-9H,5-7,14H2,1-4H3. The molecule has 7 nitrogen and oxygen atoms in total. The molecule has 0 spiro atoms. The van der Waals surface area contributed by atoms with Gasteiger partial charge in [-0.2, -0.15) is 0 Å². The summed E-state index contributed by atoms with van der Waals surface area (Å²) >= 11 is 0. The van der Waals surface area contributed by atoms with Crippen molar-refractivity contribution in [3.8, 4) is 0 Å². The first kappa shape index (κ1) is 16.0. The highest BCUT2D eigenvalue weighted by Gasteiger charge is 2.25. The summed E-state index contributed by atoms with van der Waals surface area (Å²) in [6, 6.07) is -0.509. The fraction of sp³-hybridized carbons (Fsp3) is 0.615. The molecule has 0 aromatic carbocycles. The van der Waals surface area contributed by atoms with Crippen molar-refractivity contribution in [1.82, 2.24) is 14.5 Å². The van der Waals surface area contributed by atoms with Crippen LogP contribution in [0, 0.1) is 0 Å². The van der Waals surface area contributed by atoms with Crippen molar-refractivity contribution in [2.45, 2.75) is 33.7 Å². The molecule has 0 aliphatic carbocycles. The minimum atomic E-state index is -0.578. The minimum Gasteiger partial charge on any atom is -0.461 e. The monoisotopic (exact) mass is 282 g/mol. The summed E-state index contributed by atoms with van der Waals surface area (Å²) in [7, 11) is 0. The first-order valence-electron chi connectivity index (χ1n) is 6.75. The molecule has 0 fully saturated rings. The van der Waals surface area contributed by atoms with Crippen molar-refractivity contribution < 1.29 is 14.3 Å². The lowest BCUT2D eigenvalue weighted by Gasteiger charge is -2.24. The number of nitrogens with two attached hydrogens (primary N) is 1. The average molecular weight is 282 g/mol. The molecule has 0 aliphatic heterocycles. The Morgan fingerprint density at radius 1 is 1.40 bits per heavy atom. The van der Waals surface area contributed by atoms with Crippen LogP contribution in [0.25, 0.3) is 0 Å². The lowest BCUT2D eigenvalue weighted by molar-refractivity contribution is -0.133. The van der Waals surface area contributed by atoms with Crippen LogP contribution in [0.3, 0.4) is 0 Å². The summed E-state index contributed by atoms with van der Waals surface area (Å²) in [4.78, 5) is 29.6. The van der Waals surface area contributed by atoms with Crippen LogP contribution in [0.1, 0.15) is 44.2 Å². The number of esters is 1. The second kappa shape index (κ2) is 6.93. The number of likely N-dealkylation sites (N-methyl/N-ethyl adjacent to an activating group) is 1. The molecule has 0 saturated heterocycles. The summed E-state index contributed by atoms with van der Waals surface area (Å²) in [6.45, 7) is 8.76. The van der Waals surface area contributed by atoms with Gasteiger partial charge >= 0.3 is 5.97 Å². The normalized spacial score (nSPS) is 12.0. The number of amides is 1. The Kier molecular flexibility index (Phi) is 5.54. The second-order valence-corrected chi connectivity index (χ2v) is 4.29. The van der Waals surface area contributed by atoms with Crippen LogP contribution in [0.5, 0.6) is 0 Å². The molecule has 0 aliphatic rings. The van der Waals surface area contributed by atoms with E-state index in [-0.39, 0.29) is 24.0 Å². The molecule has 1 rings (SSSR count). The number of ether oxygens (including phenoxy) is 1. The van der Waals surface area contributed by atoms with Gasteiger partial charge in [0.25, 0.3) is 0 Å². The SMILES string of the molecule is CCOC(=O)c1ncn(C(C)C(=O)N(CC)CC)c1N. The van der Waals surface area contributed by atoms with Crippen LogP contribution >= 0.6 is 0 Å². The van der Waals surface area contributed by atoms with E-state index in [9.17, 15) is 9.59 Å². The van der Waals surface area contributed by atoms with E-state index in [1.165, 1.54) is 10.9 Å². The zero-order valence-corrected chi connectivity index (χ0v) is 12.4. The second-order valence-electron chi connectivity index (χ2n) is 4.29. The number of rotatable bonds is 6. The fourth-order valence-electron chi connectivity index (χ4n) is 1.95. The molecule has 20 heavy (non-hydrogen) atoms. The van der Waals surface area contributed by atoms with Crippen LogP contribution in [0.2, 0.25) is 0 Å². The predicted molar refractivity (Wildman–Crippen MR) is 75.2 cm³/mol. The van der Waals surface area contributed by atoms with Crippen LogP contribution in [0.4, 0.5) is 5.82 Å². The van der Waals surface area contributed by atoms with Crippen LogP contribution in [-0.4, -0.2) is 46.0 Å². The molecule has 1 aromatic heterocycles.